The van der Waals surface area contributed by atoms with Gasteiger partial charge in [0.1, 0.15) is 6.04 Å². The van der Waals surface area contributed by atoms with Gasteiger partial charge in [-0.3, -0.25) is 9.59 Å². The Morgan fingerprint density at radius 1 is 1.33 bits per heavy atom. The summed E-state index contributed by atoms with van der Waals surface area (Å²) < 4.78 is 0. The average molecular weight is 289 g/mol. The lowest BCUT2D eigenvalue weighted by atomic mass is 10.1. The Kier molecular flexibility index (Phi) is 3.34. The molecule has 2 aliphatic rings. The topological polar surface area (TPSA) is 98.7 Å². The van der Waals surface area contributed by atoms with Crippen LogP contribution in [-0.4, -0.2) is 53.5 Å². The van der Waals surface area contributed by atoms with Crippen LogP contribution in [0, 0.1) is 0 Å². The Morgan fingerprint density at radius 2 is 2.14 bits per heavy atom. The number of amides is 2. The second-order valence-corrected chi connectivity index (χ2v) is 5.15. The van der Waals surface area contributed by atoms with Gasteiger partial charge < -0.3 is 20.6 Å². The summed E-state index contributed by atoms with van der Waals surface area (Å²) in [5.41, 5.74) is 1.90. The van der Waals surface area contributed by atoms with E-state index in [2.05, 4.69) is 10.6 Å². The molecule has 110 valence electrons. The molecule has 1 aromatic carbocycles. The van der Waals surface area contributed by atoms with E-state index < -0.39 is 12.0 Å². The molecule has 3 N–H and O–H groups in total. The zero-order valence-corrected chi connectivity index (χ0v) is 11.3. The highest BCUT2D eigenvalue weighted by Gasteiger charge is 2.33. The highest BCUT2D eigenvalue weighted by molar-refractivity contribution is 6.02. The average Bonchev–Trinajstić information content (AvgIpc) is 2.85. The minimum atomic E-state index is -1.02. The van der Waals surface area contributed by atoms with Crippen LogP contribution in [-0.2, 0) is 16.0 Å². The van der Waals surface area contributed by atoms with E-state index in [1.165, 1.54) is 4.90 Å². The molecule has 1 saturated heterocycles. The molecule has 0 spiro atoms. The van der Waals surface area contributed by atoms with E-state index in [9.17, 15) is 19.5 Å². The van der Waals surface area contributed by atoms with Gasteiger partial charge in [0, 0.05) is 30.9 Å². The molecule has 0 radical (unpaired) electrons. The van der Waals surface area contributed by atoms with Gasteiger partial charge in [0.15, 0.2) is 0 Å². The van der Waals surface area contributed by atoms with Gasteiger partial charge >= 0.3 is 5.97 Å². The molecular weight excluding hydrogens is 274 g/mol. The fourth-order valence-corrected chi connectivity index (χ4v) is 2.70. The number of carboxylic acids is 1. The fourth-order valence-electron chi connectivity index (χ4n) is 2.70. The maximum Gasteiger partial charge on any atom is 0.327 e. The number of hydrogen-bond donors (Lipinski definition) is 3. The molecule has 1 atom stereocenters. The third-order valence-electron chi connectivity index (χ3n) is 3.77. The lowest BCUT2D eigenvalue weighted by Gasteiger charge is -2.33. The highest BCUT2D eigenvalue weighted by atomic mass is 16.4. The number of fused-ring (bicyclic) bond motifs is 1. The molecular formula is C14H15N3O4. The van der Waals surface area contributed by atoms with Crippen molar-refractivity contribution in [1.29, 1.82) is 0 Å². The van der Waals surface area contributed by atoms with Crippen LogP contribution in [0.4, 0.5) is 5.69 Å². The van der Waals surface area contributed by atoms with Crippen molar-refractivity contribution in [1.82, 2.24) is 10.2 Å². The molecule has 1 fully saturated rings. The molecule has 7 nitrogen and oxygen atoms in total. The second kappa shape index (κ2) is 5.17. The van der Waals surface area contributed by atoms with Crippen molar-refractivity contribution in [3.05, 3.63) is 29.3 Å². The van der Waals surface area contributed by atoms with E-state index in [1.54, 1.807) is 18.2 Å². The number of aliphatic carboxylic acids is 1. The van der Waals surface area contributed by atoms with Crippen LogP contribution in [0.25, 0.3) is 0 Å². The maximum absolute atomic E-state index is 12.5. The molecule has 0 aromatic heterocycles. The number of rotatable bonds is 2. The minimum absolute atomic E-state index is 0.0971. The SMILES string of the molecule is O=C1Cc2cc(C(=O)N3CCNCC3C(=O)O)ccc2N1. The van der Waals surface area contributed by atoms with Crippen LogP contribution < -0.4 is 10.6 Å². The summed E-state index contributed by atoms with van der Waals surface area (Å²) in [6, 6.07) is 4.11. The van der Waals surface area contributed by atoms with Gasteiger partial charge in [0.05, 0.1) is 6.42 Å². The number of carboxylic acid groups (broad SMARTS) is 1. The normalized spacial score (nSPS) is 20.9. The van der Waals surface area contributed by atoms with Crippen molar-refractivity contribution in [2.45, 2.75) is 12.5 Å². The number of piperazine rings is 1. The number of carbonyl (C=O) groups is 3. The molecule has 0 aliphatic carbocycles. The number of benzene rings is 1. The summed E-state index contributed by atoms with van der Waals surface area (Å²) >= 11 is 0. The summed E-state index contributed by atoms with van der Waals surface area (Å²) in [4.78, 5) is 36.5. The van der Waals surface area contributed by atoms with Crippen molar-refractivity contribution < 1.29 is 19.5 Å². The van der Waals surface area contributed by atoms with Gasteiger partial charge in [-0.1, -0.05) is 0 Å². The summed E-state index contributed by atoms with van der Waals surface area (Å²) in [5.74, 6) is -1.43. The van der Waals surface area contributed by atoms with Gasteiger partial charge in [0.2, 0.25) is 5.91 Å². The van der Waals surface area contributed by atoms with Crippen molar-refractivity contribution >= 4 is 23.5 Å². The summed E-state index contributed by atoms with van der Waals surface area (Å²) in [6.45, 7) is 1.16. The Labute approximate surface area is 120 Å². The molecule has 3 rings (SSSR count). The van der Waals surface area contributed by atoms with E-state index in [1.807, 2.05) is 0 Å². The van der Waals surface area contributed by atoms with E-state index >= 15 is 0 Å². The predicted octanol–water partition coefficient (Wildman–Crippen LogP) is -0.320. The van der Waals surface area contributed by atoms with Crippen LogP contribution in [0.2, 0.25) is 0 Å². The lowest BCUT2D eigenvalue weighted by molar-refractivity contribution is -0.142. The lowest BCUT2D eigenvalue weighted by Crippen LogP contribution is -2.56. The Hall–Kier alpha value is -2.41. The zero-order valence-electron chi connectivity index (χ0n) is 11.3. The van der Waals surface area contributed by atoms with Crippen LogP contribution >= 0.6 is 0 Å². The van der Waals surface area contributed by atoms with Crippen LogP contribution in [0.5, 0.6) is 0 Å². The largest absolute Gasteiger partial charge is 0.480 e. The summed E-state index contributed by atoms with van der Waals surface area (Å²) in [6.07, 6.45) is 0.250. The first kappa shape index (κ1) is 13.6. The van der Waals surface area contributed by atoms with Crippen LogP contribution in [0.1, 0.15) is 15.9 Å². The van der Waals surface area contributed by atoms with Gasteiger partial charge in [-0.2, -0.15) is 0 Å². The molecule has 2 heterocycles. The van der Waals surface area contributed by atoms with Crippen molar-refractivity contribution in [2.75, 3.05) is 25.0 Å². The van der Waals surface area contributed by atoms with E-state index in [4.69, 9.17) is 0 Å². The van der Waals surface area contributed by atoms with Crippen LogP contribution in [0.3, 0.4) is 0 Å². The number of hydrogen-bond acceptors (Lipinski definition) is 4. The van der Waals surface area contributed by atoms with Gasteiger partial charge in [-0.25, -0.2) is 4.79 Å². The van der Waals surface area contributed by atoms with Gasteiger partial charge in [0.25, 0.3) is 5.91 Å². The first-order valence-corrected chi connectivity index (χ1v) is 6.73. The molecule has 2 amide bonds. The number of nitrogens with one attached hydrogen (secondary N) is 2. The smallest absolute Gasteiger partial charge is 0.327 e. The van der Waals surface area contributed by atoms with Crippen molar-refractivity contribution in [3.63, 3.8) is 0 Å². The Balaban J connectivity index is 1.86. The van der Waals surface area contributed by atoms with Crippen molar-refractivity contribution in [2.24, 2.45) is 0 Å². The van der Waals surface area contributed by atoms with E-state index in [0.29, 0.717) is 24.3 Å². The third kappa shape index (κ3) is 2.47. The zero-order chi connectivity index (χ0) is 15.0. The van der Waals surface area contributed by atoms with E-state index in [0.717, 1.165) is 5.56 Å². The molecule has 0 bridgehead atoms. The Morgan fingerprint density at radius 3 is 2.90 bits per heavy atom. The summed E-state index contributed by atoms with van der Waals surface area (Å²) in [5, 5.41) is 14.9. The highest BCUT2D eigenvalue weighted by Crippen LogP contribution is 2.24. The predicted molar refractivity (Wildman–Crippen MR) is 74.1 cm³/mol. The second-order valence-electron chi connectivity index (χ2n) is 5.15. The maximum atomic E-state index is 12.5. The summed E-state index contributed by atoms with van der Waals surface area (Å²) in [7, 11) is 0. The first-order valence-electron chi connectivity index (χ1n) is 6.73. The van der Waals surface area contributed by atoms with Gasteiger partial charge in [-0.15, -0.1) is 0 Å². The van der Waals surface area contributed by atoms with Crippen molar-refractivity contribution in [3.8, 4) is 0 Å². The van der Waals surface area contributed by atoms with Crippen LogP contribution in [0.15, 0.2) is 18.2 Å². The standard InChI is InChI=1S/C14H15N3O4/c18-12-6-9-5-8(1-2-10(9)16-12)13(19)17-4-3-15-7-11(17)14(20)21/h1-2,5,11,15H,3-4,6-7H2,(H,16,18)(H,20,21). The minimum Gasteiger partial charge on any atom is -0.480 e. The molecule has 0 saturated carbocycles. The van der Waals surface area contributed by atoms with E-state index in [-0.39, 0.29) is 24.8 Å². The molecule has 21 heavy (non-hydrogen) atoms. The molecule has 1 aromatic rings. The Bertz CT molecular complexity index is 629. The third-order valence-corrected chi connectivity index (χ3v) is 3.77. The number of anilines is 1. The molecule has 7 heteroatoms. The first-order chi connectivity index (χ1) is 10.1. The fraction of sp³-hybridized carbons (Fsp3) is 0.357. The number of carbonyl (C=O) groups excluding carboxylic acids is 2. The monoisotopic (exact) mass is 289 g/mol. The molecule has 1 unspecified atom stereocenters. The van der Waals surface area contributed by atoms with Gasteiger partial charge in [-0.05, 0) is 23.8 Å². The number of nitrogens with zero attached hydrogens (tertiary/aromatic N) is 1. The molecule has 2 aliphatic heterocycles. The quantitative estimate of drug-likeness (QED) is 0.693.